The molecule has 5 nitrogen and oxygen atoms in total. The molecule has 126 valence electrons. The summed E-state index contributed by atoms with van der Waals surface area (Å²) in [5.41, 5.74) is 1.08. The Labute approximate surface area is 137 Å². The lowest BCUT2D eigenvalue weighted by molar-refractivity contribution is -0.145. The van der Waals surface area contributed by atoms with Crippen LogP contribution in [0.5, 0.6) is 5.75 Å². The number of nitrogens with zero attached hydrogens (tertiary/aromatic N) is 1. The van der Waals surface area contributed by atoms with Crippen molar-refractivity contribution in [1.82, 2.24) is 4.90 Å². The molecule has 0 unspecified atom stereocenters. The van der Waals surface area contributed by atoms with E-state index in [0.717, 1.165) is 11.3 Å². The number of carbonyl (C=O) groups is 2. The van der Waals surface area contributed by atoms with Crippen molar-refractivity contribution in [2.24, 2.45) is 11.8 Å². The number of carboxylic acids is 1. The second-order valence-electron chi connectivity index (χ2n) is 6.26. The Kier molecular flexibility index (Phi) is 6.02. The summed E-state index contributed by atoms with van der Waals surface area (Å²) >= 11 is 0. The highest BCUT2D eigenvalue weighted by Gasteiger charge is 2.31. The van der Waals surface area contributed by atoms with E-state index in [1.54, 1.807) is 11.9 Å². The molecule has 0 radical (unpaired) electrons. The average molecular weight is 319 g/mol. The molecular weight excluding hydrogens is 294 g/mol. The lowest BCUT2D eigenvalue weighted by atomic mass is 9.81. The molecule has 0 spiro atoms. The number of benzene rings is 1. The Morgan fingerprint density at radius 1 is 1.17 bits per heavy atom. The van der Waals surface area contributed by atoms with Crippen molar-refractivity contribution in [3.05, 3.63) is 29.8 Å². The van der Waals surface area contributed by atoms with Gasteiger partial charge in [0, 0.05) is 13.0 Å². The molecule has 2 rings (SSSR count). The summed E-state index contributed by atoms with van der Waals surface area (Å²) in [5, 5.41) is 9.01. The minimum Gasteiger partial charge on any atom is -0.491 e. The van der Waals surface area contributed by atoms with E-state index < -0.39 is 5.97 Å². The summed E-state index contributed by atoms with van der Waals surface area (Å²) in [6.45, 7) is 2.98. The average Bonchev–Trinajstić information content (AvgIpc) is 2.56. The topological polar surface area (TPSA) is 66.8 Å². The van der Waals surface area contributed by atoms with E-state index in [1.165, 1.54) is 0 Å². The quantitative estimate of drug-likeness (QED) is 0.875. The van der Waals surface area contributed by atoms with Crippen LogP contribution in [-0.4, -0.2) is 42.1 Å². The van der Waals surface area contributed by atoms with Gasteiger partial charge in [-0.05, 0) is 44.2 Å². The highest BCUT2D eigenvalue weighted by Crippen LogP contribution is 2.30. The van der Waals surface area contributed by atoms with Crippen molar-refractivity contribution >= 4 is 11.9 Å². The summed E-state index contributed by atoms with van der Waals surface area (Å²) in [6, 6.07) is 7.80. The molecule has 1 aromatic rings. The lowest BCUT2D eigenvalue weighted by Crippen LogP contribution is -2.38. The van der Waals surface area contributed by atoms with E-state index in [1.807, 2.05) is 31.2 Å². The largest absolute Gasteiger partial charge is 0.491 e. The first-order chi connectivity index (χ1) is 11.0. The lowest BCUT2D eigenvalue weighted by Gasteiger charge is -2.29. The van der Waals surface area contributed by atoms with Crippen LogP contribution in [0.2, 0.25) is 0 Å². The zero-order valence-corrected chi connectivity index (χ0v) is 13.8. The minimum atomic E-state index is -0.740. The normalized spacial score (nSPS) is 20.8. The monoisotopic (exact) mass is 319 g/mol. The highest BCUT2D eigenvalue weighted by atomic mass is 16.5. The zero-order chi connectivity index (χ0) is 16.8. The molecule has 1 aliphatic carbocycles. The van der Waals surface area contributed by atoms with Gasteiger partial charge in [0.2, 0.25) is 5.91 Å². The maximum absolute atomic E-state index is 12.4. The third-order valence-corrected chi connectivity index (χ3v) is 4.58. The second-order valence-corrected chi connectivity index (χ2v) is 6.26. The van der Waals surface area contributed by atoms with Gasteiger partial charge in [-0.1, -0.05) is 18.2 Å². The van der Waals surface area contributed by atoms with Crippen LogP contribution in [0.4, 0.5) is 0 Å². The Bertz CT molecular complexity index is 550. The van der Waals surface area contributed by atoms with Gasteiger partial charge in [-0.2, -0.15) is 0 Å². The Balaban J connectivity index is 1.75. The van der Waals surface area contributed by atoms with Crippen LogP contribution in [0.1, 0.15) is 31.2 Å². The number of likely N-dealkylation sites (N-methyl/N-ethyl adjacent to an activating group) is 1. The van der Waals surface area contributed by atoms with Crippen LogP contribution < -0.4 is 4.74 Å². The number of hydrogen-bond donors (Lipinski definition) is 1. The molecule has 1 aliphatic rings. The van der Waals surface area contributed by atoms with Crippen LogP contribution in [0.15, 0.2) is 24.3 Å². The first kappa shape index (κ1) is 17.3. The maximum Gasteiger partial charge on any atom is 0.306 e. The van der Waals surface area contributed by atoms with Crippen LogP contribution in [-0.2, 0) is 9.59 Å². The van der Waals surface area contributed by atoms with E-state index in [-0.39, 0.29) is 17.7 Å². The fourth-order valence-electron chi connectivity index (χ4n) is 3.02. The first-order valence-corrected chi connectivity index (χ1v) is 8.15. The fourth-order valence-corrected chi connectivity index (χ4v) is 3.02. The summed E-state index contributed by atoms with van der Waals surface area (Å²) in [4.78, 5) is 25.1. The fraction of sp³-hybridized carbons (Fsp3) is 0.556. The Morgan fingerprint density at radius 3 is 2.39 bits per heavy atom. The van der Waals surface area contributed by atoms with E-state index in [0.29, 0.717) is 38.8 Å². The molecule has 0 saturated heterocycles. The molecule has 0 aromatic heterocycles. The number of hydrogen-bond acceptors (Lipinski definition) is 3. The number of ether oxygens (including phenoxy) is 1. The number of aliphatic carboxylic acids is 1. The number of para-hydroxylation sites is 1. The molecule has 0 heterocycles. The van der Waals surface area contributed by atoms with E-state index >= 15 is 0 Å². The zero-order valence-electron chi connectivity index (χ0n) is 13.8. The molecule has 1 N–H and O–H groups in total. The maximum atomic E-state index is 12.4. The third kappa shape index (κ3) is 4.71. The standard InChI is InChI=1S/C18H25NO4/c1-13-5-3-4-6-16(13)23-12-11-19(2)17(20)14-7-9-15(10-8-14)18(21)22/h3-6,14-15H,7-12H2,1-2H3,(H,21,22). The highest BCUT2D eigenvalue weighted by molar-refractivity contribution is 5.79. The summed E-state index contributed by atoms with van der Waals surface area (Å²) < 4.78 is 5.72. The molecule has 23 heavy (non-hydrogen) atoms. The molecule has 1 amide bonds. The third-order valence-electron chi connectivity index (χ3n) is 4.58. The Morgan fingerprint density at radius 2 is 1.78 bits per heavy atom. The van der Waals surface area contributed by atoms with Gasteiger partial charge < -0.3 is 14.7 Å². The molecule has 0 bridgehead atoms. The molecule has 1 saturated carbocycles. The van der Waals surface area contributed by atoms with Crippen molar-refractivity contribution in [3.8, 4) is 5.75 Å². The van der Waals surface area contributed by atoms with Crippen molar-refractivity contribution < 1.29 is 19.4 Å². The smallest absolute Gasteiger partial charge is 0.306 e. The van der Waals surface area contributed by atoms with E-state index in [9.17, 15) is 9.59 Å². The van der Waals surface area contributed by atoms with E-state index in [4.69, 9.17) is 9.84 Å². The predicted molar refractivity (Wildman–Crippen MR) is 87.4 cm³/mol. The number of rotatable bonds is 6. The Hall–Kier alpha value is -2.04. The van der Waals surface area contributed by atoms with Crippen LogP contribution in [0.25, 0.3) is 0 Å². The second kappa shape index (κ2) is 7.99. The van der Waals surface area contributed by atoms with Gasteiger partial charge in [0.25, 0.3) is 0 Å². The van der Waals surface area contributed by atoms with Crippen molar-refractivity contribution in [2.75, 3.05) is 20.2 Å². The minimum absolute atomic E-state index is 0.0472. The van der Waals surface area contributed by atoms with Gasteiger partial charge in [0.05, 0.1) is 12.5 Å². The number of carbonyl (C=O) groups excluding carboxylic acids is 1. The predicted octanol–water partition coefficient (Wildman–Crippen LogP) is 2.72. The molecule has 1 fully saturated rings. The molecule has 5 heteroatoms. The van der Waals surface area contributed by atoms with Gasteiger partial charge in [0.15, 0.2) is 0 Å². The van der Waals surface area contributed by atoms with Crippen molar-refractivity contribution in [1.29, 1.82) is 0 Å². The van der Waals surface area contributed by atoms with Crippen LogP contribution in [0, 0.1) is 18.8 Å². The van der Waals surface area contributed by atoms with Gasteiger partial charge in [-0.15, -0.1) is 0 Å². The van der Waals surface area contributed by atoms with Gasteiger partial charge in [-0.25, -0.2) is 0 Å². The van der Waals surface area contributed by atoms with Crippen LogP contribution >= 0.6 is 0 Å². The number of aryl methyl sites for hydroxylation is 1. The van der Waals surface area contributed by atoms with Gasteiger partial charge >= 0.3 is 5.97 Å². The molecular formula is C18H25NO4. The molecule has 1 aromatic carbocycles. The molecule has 0 atom stereocenters. The van der Waals surface area contributed by atoms with Gasteiger partial charge in [-0.3, -0.25) is 9.59 Å². The van der Waals surface area contributed by atoms with Crippen molar-refractivity contribution in [3.63, 3.8) is 0 Å². The first-order valence-electron chi connectivity index (χ1n) is 8.15. The summed E-state index contributed by atoms with van der Waals surface area (Å²) in [7, 11) is 1.78. The molecule has 0 aliphatic heterocycles. The van der Waals surface area contributed by atoms with Gasteiger partial charge in [0.1, 0.15) is 12.4 Å². The number of carboxylic acid groups (broad SMARTS) is 1. The summed E-state index contributed by atoms with van der Waals surface area (Å²) in [6.07, 6.45) is 2.52. The summed E-state index contributed by atoms with van der Waals surface area (Å²) in [5.74, 6) is -0.128. The van der Waals surface area contributed by atoms with E-state index in [2.05, 4.69) is 0 Å². The van der Waals surface area contributed by atoms with Crippen LogP contribution in [0.3, 0.4) is 0 Å². The SMILES string of the molecule is Cc1ccccc1OCCN(C)C(=O)C1CCC(C(=O)O)CC1. The van der Waals surface area contributed by atoms with Crippen molar-refractivity contribution in [2.45, 2.75) is 32.6 Å². The number of amides is 1.